The van der Waals surface area contributed by atoms with E-state index in [2.05, 4.69) is 29.2 Å². The van der Waals surface area contributed by atoms with E-state index in [1.165, 1.54) is 21.0 Å². The summed E-state index contributed by atoms with van der Waals surface area (Å²) >= 11 is 0. The fourth-order valence-corrected chi connectivity index (χ4v) is 4.33. The zero-order valence-corrected chi connectivity index (χ0v) is 21.1. The van der Waals surface area contributed by atoms with Crippen LogP contribution >= 0.6 is 0 Å². The molecular weight excluding hydrogens is 432 g/mol. The third kappa shape index (κ3) is 9.47. The van der Waals surface area contributed by atoms with Crippen LogP contribution in [0.1, 0.15) is 74.1 Å². The van der Waals surface area contributed by atoms with Gasteiger partial charge in [0.15, 0.2) is 0 Å². The van der Waals surface area contributed by atoms with Crippen LogP contribution in [0.4, 0.5) is 9.59 Å². The van der Waals surface area contributed by atoms with E-state index in [0.29, 0.717) is 12.3 Å². The van der Waals surface area contributed by atoms with Crippen molar-refractivity contribution in [3.63, 3.8) is 0 Å². The van der Waals surface area contributed by atoms with Crippen molar-refractivity contribution in [2.45, 2.75) is 104 Å². The molecule has 0 radical (unpaired) electrons. The number of carbonyl (C=O) groups is 4. The van der Waals surface area contributed by atoms with Crippen LogP contribution in [0.5, 0.6) is 0 Å². The van der Waals surface area contributed by atoms with E-state index in [-0.39, 0.29) is 12.3 Å². The number of ether oxygens (including phenoxy) is 4. The van der Waals surface area contributed by atoms with Gasteiger partial charge in [0.25, 0.3) is 0 Å². The molecule has 0 bridgehead atoms. The highest BCUT2D eigenvalue weighted by atomic mass is 16.7. The average molecular weight is 473 g/mol. The number of methoxy groups -OCH3 is 1. The van der Waals surface area contributed by atoms with Gasteiger partial charge in [-0.15, -0.1) is 0 Å². The number of rotatable bonds is 9. The molecule has 1 unspecified atom stereocenters. The molecular formula is C23H40N2O8. The van der Waals surface area contributed by atoms with Gasteiger partial charge in [0.2, 0.25) is 5.91 Å². The van der Waals surface area contributed by atoms with Gasteiger partial charge in [-0.05, 0) is 33.1 Å². The lowest BCUT2D eigenvalue weighted by molar-refractivity contribution is -0.155. The Kier molecular flexibility index (Phi) is 10.9. The summed E-state index contributed by atoms with van der Waals surface area (Å²) < 4.78 is 21.0. The summed E-state index contributed by atoms with van der Waals surface area (Å²) in [5.41, 5.74) is -0.720. The SMILES string of the molecule is CCC(CC)CC(NC(C)=O)[C@H]1[C@@H](OC(C)=O)[C@H](OC(=O)OC)C[C@H]1NC(=O)OC(C)(C)C. The molecule has 0 aromatic heterocycles. The van der Waals surface area contributed by atoms with Crippen LogP contribution < -0.4 is 10.6 Å². The maximum Gasteiger partial charge on any atom is 0.508 e. The van der Waals surface area contributed by atoms with Crippen LogP contribution in [0.3, 0.4) is 0 Å². The highest BCUT2D eigenvalue weighted by Gasteiger charge is 2.52. The smallest absolute Gasteiger partial charge is 0.458 e. The molecule has 1 saturated carbocycles. The third-order valence-electron chi connectivity index (χ3n) is 5.71. The maximum absolute atomic E-state index is 12.6. The van der Waals surface area contributed by atoms with Gasteiger partial charge in [0.1, 0.15) is 17.8 Å². The molecule has 0 saturated heterocycles. The average Bonchev–Trinajstić information content (AvgIpc) is 2.98. The first-order valence-electron chi connectivity index (χ1n) is 11.5. The molecule has 1 aliphatic carbocycles. The van der Waals surface area contributed by atoms with Gasteiger partial charge in [-0.25, -0.2) is 9.59 Å². The summed E-state index contributed by atoms with van der Waals surface area (Å²) in [5, 5.41) is 5.81. The number of carbonyl (C=O) groups excluding carboxylic acids is 4. The molecule has 1 aliphatic rings. The Balaban J connectivity index is 3.38. The predicted octanol–water partition coefficient (Wildman–Crippen LogP) is 3.31. The van der Waals surface area contributed by atoms with E-state index in [4.69, 9.17) is 14.2 Å². The molecule has 0 spiro atoms. The molecule has 1 fully saturated rings. The Hall–Kier alpha value is -2.52. The van der Waals surface area contributed by atoms with Gasteiger partial charge in [-0.1, -0.05) is 26.7 Å². The number of esters is 1. The van der Waals surface area contributed by atoms with Crippen molar-refractivity contribution in [3.8, 4) is 0 Å². The number of hydrogen-bond donors (Lipinski definition) is 2. The van der Waals surface area contributed by atoms with Crippen LogP contribution in [0.2, 0.25) is 0 Å². The first-order chi connectivity index (χ1) is 15.3. The Labute approximate surface area is 196 Å². The monoisotopic (exact) mass is 472 g/mol. The second-order valence-electron chi connectivity index (χ2n) is 9.48. The van der Waals surface area contributed by atoms with E-state index in [9.17, 15) is 19.2 Å². The number of alkyl carbamates (subject to hydrolysis) is 1. The molecule has 5 atom stereocenters. The molecule has 10 nitrogen and oxygen atoms in total. The maximum atomic E-state index is 12.6. The minimum atomic E-state index is -0.926. The van der Waals surface area contributed by atoms with E-state index in [1.54, 1.807) is 20.8 Å². The molecule has 0 aromatic carbocycles. The van der Waals surface area contributed by atoms with Crippen LogP contribution in [-0.2, 0) is 28.5 Å². The minimum absolute atomic E-state index is 0.163. The van der Waals surface area contributed by atoms with Gasteiger partial charge in [-0.3, -0.25) is 9.59 Å². The first kappa shape index (κ1) is 28.5. The summed E-state index contributed by atoms with van der Waals surface area (Å²) in [5.74, 6) is -1.07. The van der Waals surface area contributed by atoms with Crippen molar-refractivity contribution >= 4 is 24.1 Å². The molecule has 190 valence electrons. The normalized spacial score (nSPS) is 23.4. The highest BCUT2D eigenvalue weighted by Crippen LogP contribution is 2.37. The van der Waals surface area contributed by atoms with Crippen molar-refractivity contribution in [2.75, 3.05) is 7.11 Å². The number of hydrogen-bond acceptors (Lipinski definition) is 8. The van der Waals surface area contributed by atoms with E-state index < -0.39 is 54.0 Å². The summed E-state index contributed by atoms with van der Waals surface area (Å²) in [6.07, 6.45) is -0.792. The topological polar surface area (TPSA) is 129 Å². The van der Waals surface area contributed by atoms with Crippen molar-refractivity contribution in [2.24, 2.45) is 11.8 Å². The Morgan fingerprint density at radius 3 is 2.09 bits per heavy atom. The van der Waals surface area contributed by atoms with E-state index >= 15 is 0 Å². The summed E-state index contributed by atoms with van der Waals surface area (Å²) in [6.45, 7) is 12.0. The second-order valence-corrected chi connectivity index (χ2v) is 9.48. The highest BCUT2D eigenvalue weighted by molar-refractivity contribution is 5.73. The van der Waals surface area contributed by atoms with Gasteiger partial charge >= 0.3 is 18.2 Å². The standard InChI is InChI=1S/C23H40N2O8/c1-9-15(10-2)11-16(24-13(3)26)19-17(25-21(28)33-23(5,6)7)12-18(32-22(29)30-8)20(19)31-14(4)27/h15-20H,9-12H2,1-8H3,(H,24,26)(H,25,28)/t16?,17-,18-,19-,20+/m1/s1. The summed E-state index contributed by atoms with van der Waals surface area (Å²) in [7, 11) is 1.18. The molecule has 10 heteroatoms. The van der Waals surface area contributed by atoms with Crippen LogP contribution in [0.25, 0.3) is 0 Å². The van der Waals surface area contributed by atoms with Crippen molar-refractivity contribution in [1.29, 1.82) is 0 Å². The van der Waals surface area contributed by atoms with Crippen LogP contribution in [0, 0.1) is 11.8 Å². The quantitative estimate of drug-likeness (QED) is 0.386. The molecule has 0 aliphatic heterocycles. The van der Waals surface area contributed by atoms with Gasteiger partial charge in [0, 0.05) is 38.3 Å². The second kappa shape index (κ2) is 12.6. The molecule has 0 heterocycles. The summed E-state index contributed by atoms with van der Waals surface area (Å²) in [4.78, 5) is 48.5. The number of amides is 2. The molecule has 33 heavy (non-hydrogen) atoms. The lowest BCUT2D eigenvalue weighted by Crippen LogP contribution is -2.53. The molecule has 1 rings (SSSR count). The third-order valence-corrected chi connectivity index (χ3v) is 5.71. The molecule has 0 aromatic rings. The Morgan fingerprint density at radius 2 is 1.64 bits per heavy atom. The van der Waals surface area contributed by atoms with Crippen LogP contribution in [0.15, 0.2) is 0 Å². The molecule has 2 N–H and O–H groups in total. The van der Waals surface area contributed by atoms with Crippen molar-refractivity contribution < 1.29 is 38.1 Å². The largest absolute Gasteiger partial charge is 0.508 e. The van der Waals surface area contributed by atoms with E-state index in [1.807, 2.05) is 0 Å². The first-order valence-corrected chi connectivity index (χ1v) is 11.5. The fraction of sp³-hybridized carbons (Fsp3) is 0.826. The zero-order chi connectivity index (χ0) is 25.3. The predicted molar refractivity (Wildman–Crippen MR) is 120 cm³/mol. The zero-order valence-electron chi connectivity index (χ0n) is 21.1. The lowest BCUT2D eigenvalue weighted by Gasteiger charge is -2.35. The van der Waals surface area contributed by atoms with Crippen molar-refractivity contribution in [1.82, 2.24) is 10.6 Å². The number of nitrogens with one attached hydrogen (secondary N) is 2. The van der Waals surface area contributed by atoms with Crippen molar-refractivity contribution in [3.05, 3.63) is 0 Å². The van der Waals surface area contributed by atoms with Gasteiger partial charge < -0.3 is 29.6 Å². The minimum Gasteiger partial charge on any atom is -0.458 e. The fourth-order valence-electron chi connectivity index (χ4n) is 4.33. The van der Waals surface area contributed by atoms with Gasteiger partial charge in [0.05, 0.1) is 7.11 Å². The summed E-state index contributed by atoms with van der Waals surface area (Å²) in [6, 6.07) is -1.03. The van der Waals surface area contributed by atoms with Crippen LogP contribution in [-0.4, -0.2) is 61.1 Å². The lowest BCUT2D eigenvalue weighted by atomic mass is 9.83. The van der Waals surface area contributed by atoms with E-state index in [0.717, 1.165) is 12.8 Å². The Morgan fingerprint density at radius 1 is 1.03 bits per heavy atom. The Bertz CT molecular complexity index is 686. The molecule has 2 amide bonds. The van der Waals surface area contributed by atoms with Gasteiger partial charge in [-0.2, -0.15) is 0 Å².